The Morgan fingerprint density at radius 3 is 1.27 bits per heavy atom. The Hall–Kier alpha value is 0.0200. The number of hydrogen-bond donors (Lipinski definition) is 0. The zero-order chi connectivity index (χ0) is 12.7. The third-order valence-corrected chi connectivity index (χ3v) is 1.93. The molecule has 0 saturated heterocycles. The van der Waals surface area contributed by atoms with E-state index in [0.717, 1.165) is 0 Å². The van der Waals surface area contributed by atoms with Gasteiger partial charge in [-0.1, -0.05) is 23.2 Å². The van der Waals surface area contributed by atoms with E-state index in [2.05, 4.69) is 23.2 Å². The highest BCUT2D eigenvalue weighted by Crippen LogP contribution is 2.51. The normalized spacial score (nSPS) is 15.2. The number of alkyl halides is 10. The van der Waals surface area contributed by atoms with Gasteiger partial charge in [0.2, 0.25) is 0 Å². The quantitative estimate of drug-likeness (QED) is 0.541. The summed E-state index contributed by atoms with van der Waals surface area (Å²) < 4.78 is 96.4. The van der Waals surface area contributed by atoms with E-state index in [4.69, 9.17) is 0 Å². The molecule has 0 radical (unpaired) electrons. The highest BCUT2D eigenvalue weighted by molar-refractivity contribution is 6.45. The first kappa shape index (κ1) is 15.0. The molecule has 10 heteroatoms. The van der Waals surface area contributed by atoms with E-state index in [9.17, 15) is 35.1 Å². The summed E-state index contributed by atoms with van der Waals surface area (Å²) in [4.78, 5) is -3.24. The third-order valence-electron chi connectivity index (χ3n) is 1.39. The summed E-state index contributed by atoms with van der Waals surface area (Å²) >= 11 is 8.64. The molecule has 0 fully saturated rings. The maximum Gasteiger partial charge on any atom is 0.380 e. The van der Waals surface area contributed by atoms with Crippen molar-refractivity contribution >= 4 is 23.2 Å². The van der Waals surface area contributed by atoms with Crippen molar-refractivity contribution in [2.75, 3.05) is 0 Å². The van der Waals surface area contributed by atoms with Crippen molar-refractivity contribution in [2.45, 2.75) is 29.0 Å². The summed E-state index contributed by atoms with van der Waals surface area (Å²) in [6.45, 7) is 0. The van der Waals surface area contributed by atoms with E-state index in [1.807, 2.05) is 0 Å². The lowest BCUT2D eigenvalue weighted by atomic mass is 10.1. The minimum Gasteiger partial charge on any atom is -0.203 e. The number of rotatable bonds is 4. The molecule has 0 nitrogen and oxygen atoms in total. The van der Waals surface area contributed by atoms with Crippen molar-refractivity contribution in [3.63, 3.8) is 0 Å². The van der Waals surface area contributed by atoms with Gasteiger partial charge in [-0.25, -0.2) is 8.78 Å². The number of hydrogen-bond acceptors (Lipinski definition) is 0. The van der Waals surface area contributed by atoms with Gasteiger partial charge >= 0.3 is 24.2 Å². The van der Waals surface area contributed by atoms with Crippen LogP contribution >= 0.6 is 23.2 Å². The van der Waals surface area contributed by atoms with E-state index in [0.29, 0.717) is 0 Å². The fraction of sp³-hybridized carbons (Fsp3) is 1.00. The first-order chi connectivity index (χ1) is 6.39. The van der Waals surface area contributed by atoms with Crippen LogP contribution in [0.4, 0.5) is 35.1 Å². The topological polar surface area (TPSA) is 0 Å². The van der Waals surface area contributed by atoms with Crippen LogP contribution in [0.3, 0.4) is 0 Å². The van der Waals surface area contributed by atoms with Crippen LogP contribution in [0.1, 0.15) is 0 Å². The maximum atomic E-state index is 12.4. The highest BCUT2D eigenvalue weighted by atomic mass is 35.5. The molecule has 0 atom stereocenters. The van der Waals surface area contributed by atoms with Crippen LogP contribution in [-0.2, 0) is 0 Å². The summed E-state index contributed by atoms with van der Waals surface area (Å²) in [5, 5.41) is 0. The number of halogens is 10. The SMILES string of the molecule is FC(F)C(F)(F)C(F)(F)C(F)(F)C(Cl)Cl. The lowest BCUT2D eigenvalue weighted by Gasteiger charge is -2.32. The van der Waals surface area contributed by atoms with Crippen LogP contribution in [0.15, 0.2) is 0 Å². The van der Waals surface area contributed by atoms with Gasteiger partial charge < -0.3 is 0 Å². The van der Waals surface area contributed by atoms with Crippen molar-refractivity contribution in [1.29, 1.82) is 0 Å². The molecule has 0 rings (SSSR count). The molecule has 0 amide bonds. The van der Waals surface area contributed by atoms with Crippen LogP contribution in [0.2, 0.25) is 0 Å². The van der Waals surface area contributed by atoms with Gasteiger partial charge in [0.05, 0.1) is 0 Å². The molecule has 15 heavy (non-hydrogen) atoms. The molecule has 0 spiro atoms. The molecule has 0 aliphatic rings. The lowest BCUT2D eigenvalue weighted by molar-refractivity contribution is -0.334. The molecule has 0 N–H and O–H groups in total. The maximum absolute atomic E-state index is 12.4. The van der Waals surface area contributed by atoms with Gasteiger partial charge in [-0.15, -0.1) is 0 Å². The molecule has 0 aliphatic carbocycles. The van der Waals surface area contributed by atoms with Gasteiger partial charge in [0.25, 0.3) is 0 Å². The molecular formula is C5H2Cl2F8. The lowest BCUT2D eigenvalue weighted by Crippen LogP contribution is -2.59. The molecule has 0 bridgehead atoms. The molecule has 0 aromatic rings. The summed E-state index contributed by atoms with van der Waals surface area (Å²) in [6.07, 6.45) is -4.97. The Balaban J connectivity index is 5.30. The van der Waals surface area contributed by atoms with Crippen LogP contribution in [0, 0.1) is 0 Å². The van der Waals surface area contributed by atoms with Crippen LogP contribution < -0.4 is 0 Å². The summed E-state index contributed by atoms with van der Waals surface area (Å²) in [7, 11) is 0. The second-order valence-electron chi connectivity index (χ2n) is 2.42. The smallest absolute Gasteiger partial charge is 0.203 e. The van der Waals surface area contributed by atoms with Crippen molar-refractivity contribution in [1.82, 2.24) is 0 Å². The monoisotopic (exact) mass is 284 g/mol. The van der Waals surface area contributed by atoms with Gasteiger partial charge in [-0.2, -0.15) is 26.3 Å². The molecule has 0 aromatic heterocycles. The van der Waals surface area contributed by atoms with Crippen LogP contribution in [-0.4, -0.2) is 29.0 Å². The fourth-order valence-corrected chi connectivity index (χ4v) is 0.770. The second-order valence-corrected chi connectivity index (χ2v) is 3.52. The Morgan fingerprint density at radius 1 is 0.733 bits per heavy atom. The average Bonchev–Trinajstić information content (AvgIpc) is 2.02. The highest BCUT2D eigenvalue weighted by Gasteiger charge is 2.77. The Bertz CT molecular complexity index is 203. The van der Waals surface area contributed by atoms with Gasteiger partial charge in [0.15, 0.2) is 4.84 Å². The van der Waals surface area contributed by atoms with Crippen molar-refractivity contribution in [3.8, 4) is 0 Å². The predicted molar refractivity (Wildman–Crippen MR) is 36.3 cm³/mol. The molecule has 0 saturated carbocycles. The van der Waals surface area contributed by atoms with E-state index in [1.54, 1.807) is 0 Å². The predicted octanol–water partition coefficient (Wildman–Crippen LogP) is 3.96. The molecule has 0 unspecified atom stereocenters. The van der Waals surface area contributed by atoms with Crippen LogP contribution in [0.25, 0.3) is 0 Å². The molecule has 0 aliphatic heterocycles. The van der Waals surface area contributed by atoms with Gasteiger partial charge in [0, 0.05) is 0 Å². The summed E-state index contributed by atoms with van der Waals surface area (Å²) in [5.74, 6) is -18.2. The minimum atomic E-state index is -6.34. The van der Waals surface area contributed by atoms with Crippen molar-refractivity contribution in [3.05, 3.63) is 0 Å². The Labute approximate surface area is 88.1 Å². The zero-order valence-electron chi connectivity index (χ0n) is 6.43. The largest absolute Gasteiger partial charge is 0.380 e. The molecular weight excluding hydrogens is 283 g/mol. The van der Waals surface area contributed by atoms with Gasteiger partial charge in [-0.3, -0.25) is 0 Å². The Kier molecular flexibility index (Phi) is 4.12. The minimum absolute atomic E-state index is 3.24. The first-order valence-electron chi connectivity index (χ1n) is 3.08. The van der Waals surface area contributed by atoms with Gasteiger partial charge in [-0.05, 0) is 0 Å². The third kappa shape index (κ3) is 2.25. The Morgan fingerprint density at radius 2 is 1.07 bits per heavy atom. The molecule has 0 heterocycles. The average molecular weight is 285 g/mol. The summed E-state index contributed by atoms with van der Waals surface area (Å²) in [6, 6.07) is 0. The van der Waals surface area contributed by atoms with Crippen molar-refractivity contribution in [2.24, 2.45) is 0 Å². The first-order valence-corrected chi connectivity index (χ1v) is 3.96. The van der Waals surface area contributed by atoms with E-state index >= 15 is 0 Å². The summed E-state index contributed by atoms with van der Waals surface area (Å²) in [5.41, 5.74) is 0. The van der Waals surface area contributed by atoms with E-state index < -0.39 is 29.0 Å². The molecule has 0 aromatic carbocycles. The van der Waals surface area contributed by atoms with Crippen molar-refractivity contribution < 1.29 is 35.1 Å². The molecule has 92 valence electrons. The standard InChI is InChI=1S/C5H2Cl2F8/c6-1(7)3(10,11)5(14,15)4(12,13)2(8)9/h1-2H. The zero-order valence-corrected chi connectivity index (χ0v) is 7.95. The second kappa shape index (κ2) is 4.12. The van der Waals surface area contributed by atoms with Crippen LogP contribution in [0.5, 0.6) is 0 Å². The van der Waals surface area contributed by atoms with E-state index in [1.165, 1.54) is 0 Å². The van der Waals surface area contributed by atoms with Gasteiger partial charge in [0.1, 0.15) is 0 Å². The fourth-order valence-electron chi connectivity index (χ4n) is 0.496. The van der Waals surface area contributed by atoms with E-state index in [-0.39, 0.29) is 0 Å².